The highest BCUT2D eigenvalue weighted by Gasteiger charge is 2.25. The van der Waals surface area contributed by atoms with Gasteiger partial charge in [-0.3, -0.25) is 4.79 Å². The van der Waals surface area contributed by atoms with E-state index in [0.717, 1.165) is 55.9 Å². The number of nitrogens with zero attached hydrogens (tertiary/aromatic N) is 1. The molecule has 0 aliphatic carbocycles. The van der Waals surface area contributed by atoms with Crippen LogP contribution in [0.3, 0.4) is 0 Å². The van der Waals surface area contributed by atoms with Crippen molar-refractivity contribution in [3.05, 3.63) is 24.3 Å². The van der Waals surface area contributed by atoms with Crippen LogP contribution in [0.5, 0.6) is 0 Å². The van der Waals surface area contributed by atoms with E-state index in [1.54, 1.807) is 11.8 Å². The van der Waals surface area contributed by atoms with E-state index in [1.807, 2.05) is 18.2 Å². The van der Waals surface area contributed by atoms with Crippen molar-refractivity contribution in [2.24, 2.45) is 5.92 Å². The highest BCUT2D eigenvalue weighted by Crippen LogP contribution is 2.32. The molecule has 0 bridgehead atoms. The Bertz CT molecular complexity index is 509. The third-order valence-electron chi connectivity index (χ3n) is 4.60. The molecule has 1 atom stereocenters. The Kier molecular flexibility index (Phi) is 5.26. The van der Waals surface area contributed by atoms with Gasteiger partial charge < -0.3 is 15.3 Å². The van der Waals surface area contributed by atoms with E-state index in [9.17, 15) is 9.90 Å². The molecule has 3 rings (SSSR count). The van der Waals surface area contributed by atoms with Gasteiger partial charge in [-0.25, -0.2) is 0 Å². The zero-order valence-corrected chi connectivity index (χ0v) is 13.6. The summed E-state index contributed by atoms with van der Waals surface area (Å²) in [5.74, 6) is 1.65. The van der Waals surface area contributed by atoms with Crippen molar-refractivity contribution in [3.63, 3.8) is 0 Å². The highest BCUT2D eigenvalue weighted by atomic mass is 32.2. The van der Waals surface area contributed by atoms with E-state index in [2.05, 4.69) is 16.3 Å². The largest absolute Gasteiger partial charge is 0.396 e. The fraction of sp³-hybridized carbons (Fsp3) is 0.588. The summed E-state index contributed by atoms with van der Waals surface area (Å²) in [5.41, 5.74) is 2.03. The van der Waals surface area contributed by atoms with Gasteiger partial charge in [0.2, 0.25) is 5.91 Å². The molecule has 1 amide bonds. The van der Waals surface area contributed by atoms with Crippen LogP contribution in [0.2, 0.25) is 0 Å². The van der Waals surface area contributed by atoms with Gasteiger partial charge in [0.05, 0.1) is 16.6 Å². The van der Waals surface area contributed by atoms with Gasteiger partial charge in [-0.2, -0.15) is 0 Å². The van der Waals surface area contributed by atoms with Crippen LogP contribution in [0.1, 0.15) is 25.7 Å². The first-order chi connectivity index (χ1) is 10.8. The second-order valence-corrected chi connectivity index (χ2v) is 7.43. The molecular formula is C17H24N2O2S. The summed E-state index contributed by atoms with van der Waals surface area (Å²) in [5, 5.41) is 12.5. The number of carbonyl (C=O) groups excluding carboxylic acids is 1. The molecule has 5 heteroatoms. The number of anilines is 2. The van der Waals surface area contributed by atoms with Crippen molar-refractivity contribution in [1.29, 1.82) is 0 Å². The maximum Gasteiger partial charge on any atom is 0.237 e. The topological polar surface area (TPSA) is 52.6 Å². The Morgan fingerprint density at radius 1 is 1.27 bits per heavy atom. The fourth-order valence-corrected chi connectivity index (χ4v) is 4.37. The predicted octanol–water partition coefficient (Wildman–Crippen LogP) is 2.73. The Morgan fingerprint density at radius 2 is 2.05 bits per heavy atom. The first-order valence-corrected chi connectivity index (χ1v) is 9.20. The number of benzene rings is 1. The monoisotopic (exact) mass is 320 g/mol. The van der Waals surface area contributed by atoms with Gasteiger partial charge in [-0.05, 0) is 49.5 Å². The molecule has 4 nitrogen and oxygen atoms in total. The second kappa shape index (κ2) is 7.38. The number of para-hydroxylation sites is 2. The fourth-order valence-electron chi connectivity index (χ4n) is 3.21. The number of nitrogens with one attached hydrogen (secondary N) is 1. The van der Waals surface area contributed by atoms with Crippen molar-refractivity contribution in [1.82, 2.24) is 0 Å². The van der Waals surface area contributed by atoms with Crippen LogP contribution in [-0.2, 0) is 4.79 Å². The molecule has 0 radical (unpaired) electrons. The summed E-state index contributed by atoms with van der Waals surface area (Å²) in [6.07, 6.45) is 4.15. The minimum absolute atomic E-state index is 0.105. The van der Waals surface area contributed by atoms with Crippen molar-refractivity contribution in [2.75, 3.05) is 35.7 Å². The Labute approximate surface area is 136 Å². The average Bonchev–Trinajstić information content (AvgIpc) is 3.10. The average molecular weight is 320 g/mol. The maximum atomic E-state index is 12.4. The Hall–Kier alpha value is -1.20. The zero-order chi connectivity index (χ0) is 15.4. The van der Waals surface area contributed by atoms with E-state index in [1.165, 1.54) is 0 Å². The van der Waals surface area contributed by atoms with Gasteiger partial charge in [0.1, 0.15) is 0 Å². The quantitative estimate of drug-likeness (QED) is 0.896. The molecule has 0 spiro atoms. The first kappa shape index (κ1) is 15.7. The number of rotatable bonds is 4. The molecule has 2 aliphatic heterocycles. The van der Waals surface area contributed by atoms with Crippen molar-refractivity contribution >= 4 is 29.0 Å². The molecule has 0 aromatic heterocycles. The number of aliphatic hydroxyl groups excluding tert-OH is 1. The molecule has 1 aromatic carbocycles. The number of piperidine rings is 1. The SMILES string of the molecule is O=C(Nc1ccccc1N1CCC(CO)CC1)C1CCCS1. The third-order valence-corrected chi connectivity index (χ3v) is 5.97. The number of thioether (sulfide) groups is 1. The smallest absolute Gasteiger partial charge is 0.237 e. The number of hydrogen-bond acceptors (Lipinski definition) is 4. The van der Waals surface area contributed by atoms with Crippen LogP contribution in [0, 0.1) is 5.92 Å². The summed E-state index contributed by atoms with van der Waals surface area (Å²) in [7, 11) is 0. The molecule has 1 unspecified atom stereocenters. The standard InChI is InChI=1S/C17H24N2O2S/c20-12-13-7-9-19(10-8-13)15-5-2-1-4-14(15)18-17(21)16-6-3-11-22-16/h1-2,4-5,13,16,20H,3,6-12H2,(H,18,21). The minimum Gasteiger partial charge on any atom is -0.396 e. The molecule has 1 aromatic rings. The summed E-state index contributed by atoms with van der Waals surface area (Å²) in [6.45, 7) is 2.16. The molecule has 2 N–H and O–H groups in total. The van der Waals surface area contributed by atoms with E-state index in [0.29, 0.717) is 5.92 Å². The van der Waals surface area contributed by atoms with E-state index < -0.39 is 0 Å². The first-order valence-electron chi connectivity index (χ1n) is 8.15. The maximum absolute atomic E-state index is 12.4. The van der Waals surface area contributed by atoms with Gasteiger partial charge in [-0.15, -0.1) is 11.8 Å². The van der Waals surface area contributed by atoms with Gasteiger partial charge in [0, 0.05) is 19.7 Å². The van der Waals surface area contributed by atoms with Gasteiger partial charge in [0.25, 0.3) is 0 Å². The van der Waals surface area contributed by atoms with Crippen LogP contribution in [-0.4, -0.2) is 41.7 Å². The molecule has 2 fully saturated rings. The van der Waals surface area contributed by atoms with Gasteiger partial charge in [0.15, 0.2) is 0 Å². The van der Waals surface area contributed by atoms with Crippen molar-refractivity contribution < 1.29 is 9.90 Å². The van der Waals surface area contributed by atoms with Crippen molar-refractivity contribution in [3.8, 4) is 0 Å². The van der Waals surface area contributed by atoms with Crippen LogP contribution in [0.15, 0.2) is 24.3 Å². The number of amides is 1. The van der Waals surface area contributed by atoms with Crippen LogP contribution in [0.25, 0.3) is 0 Å². The number of aliphatic hydroxyl groups is 1. The lowest BCUT2D eigenvalue weighted by Gasteiger charge is -2.34. The summed E-state index contributed by atoms with van der Waals surface area (Å²) in [4.78, 5) is 14.7. The van der Waals surface area contributed by atoms with E-state index >= 15 is 0 Å². The molecule has 22 heavy (non-hydrogen) atoms. The lowest BCUT2D eigenvalue weighted by atomic mass is 9.97. The van der Waals surface area contributed by atoms with E-state index in [-0.39, 0.29) is 17.8 Å². The predicted molar refractivity (Wildman–Crippen MR) is 92.6 cm³/mol. The zero-order valence-electron chi connectivity index (χ0n) is 12.8. The minimum atomic E-state index is 0.105. The molecular weight excluding hydrogens is 296 g/mol. The molecule has 2 heterocycles. The third kappa shape index (κ3) is 3.58. The normalized spacial score (nSPS) is 22.8. The van der Waals surface area contributed by atoms with Gasteiger partial charge >= 0.3 is 0 Å². The Balaban J connectivity index is 1.68. The Morgan fingerprint density at radius 3 is 2.73 bits per heavy atom. The number of carbonyl (C=O) groups is 1. The van der Waals surface area contributed by atoms with E-state index in [4.69, 9.17) is 0 Å². The number of hydrogen-bond donors (Lipinski definition) is 2. The van der Waals surface area contributed by atoms with Crippen LogP contribution in [0.4, 0.5) is 11.4 Å². The summed E-state index contributed by atoms with van der Waals surface area (Å²) in [6, 6.07) is 8.07. The molecule has 2 saturated heterocycles. The van der Waals surface area contributed by atoms with Crippen LogP contribution >= 0.6 is 11.8 Å². The summed E-state index contributed by atoms with van der Waals surface area (Å²) >= 11 is 1.76. The van der Waals surface area contributed by atoms with Crippen LogP contribution < -0.4 is 10.2 Å². The lowest BCUT2D eigenvalue weighted by molar-refractivity contribution is -0.115. The lowest BCUT2D eigenvalue weighted by Crippen LogP contribution is -2.35. The molecule has 120 valence electrons. The van der Waals surface area contributed by atoms with Crippen molar-refractivity contribution in [2.45, 2.75) is 30.9 Å². The highest BCUT2D eigenvalue weighted by molar-refractivity contribution is 8.00. The molecule has 2 aliphatic rings. The molecule has 0 saturated carbocycles. The summed E-state index contributed by atoms with van der Waals surface area (Å²) < 4.78 is 0. The van der Waals surface area contributed by atoms with Gasteiger partial charge in [-0.1, -0.05) is 12.1 Å². The second-order valence-electron chi connectivity index (χ2n) is 6.12.